The van der Waals surface area contributed by atoms with Crippen LogP contribution in [-0.4, -0.2) is 51.0 Å². The van der Waals surface area contributed by atoms with E-state index < -0.39 is 0 Å². The molecule has 3 aromatic rings. The van der Waals surface area contributed by atoms with Gasteiger partial charge in [0.1, 0.15) is 11.9 Å². The molecule has 2 aromatic heterocycles. The second-order valence-electron chi connectivity index (χ2n) is 8.61. The molecule has 5 rings (SSSR count). The van der Waals surface area contributed by atoms with Crippen LogP contribution in [0, 0.1) is 17.2 Å². The highest BCUT2D eigenvalue weighted by Crippen LogP contribution is 2.32. The van der Waals surface area contributed by atoms with E-state index in [1.807, 2.05) is 25.5 Å². The van der Waals surface area contributed by atoms with E-state index in [4.69, 9.17) is 5.26 Å². The molecule has 0 spiro atoms. The van der Waals surface area contributed by atoms with E-state index in [1.165, 1.54) is 11.1 Å². The molecule has 0 unspecified atom stereocenters. The molecule has 1 aromatic carbocycles. The molecule has 4 heterocycles. The molecule has 1 amide bonds. The highest BCUT2D eigenvalue weighted by Gasteiger charge is 2.42. The number of hydrogen-bond acceptors (Lipinski definition) is 5. The molecule has 7 heteroatoms. The van der Waals surface area contributed by atoms with Gasteiger partial charge in [0.15, 0.2) is 0 Å². The number of para-hydroxylation sites is 1. The molecule has 2 aliphatic heterocycles. The number of benzene rings is 1. The molecule has 7 nitrogen and oxygen atoms in total. The lowest BCUT2D eigenvalue weighted by Crippen LogP contribution is -2.51. The molecule has 0 bridgehead atoms. The fraction of sp³-hybridized carbons (Fsp3) is 0.417. The predicted octanol–water partition coefficient (Wildman–Crippen LogP) is 2.90. The Kier molecular flexibility index (Phi) is 5.06. The monoisotopic (exact) mass is 414 g/mol. The smallest absolute Gasteiger partial charge is 0.226 e. The molecule has 158 valence electrons. The average Bonchev–Trinajstić information content (AvgIpc) is 3.34. The molecular weight excluding hydrogens is 388 g/mol. The minimum absolute atomic E-state index is 0.115. The van der Waals surface area contributed by atoms with Crippen LogP contribution in [0.2, 0.25) is 0 Å². The number of hydrogen-bond donors (Lipinski definition) is 0. The van der Waals surface area contributed by atoms with Gasteiger partial charge in [0, 0.05) is 38.8 Å². The quantitative estimate of drug-likeness (QED) is 0.642. The van der Waals surface area contributed by atoms with Crippen LogP contribution in [0.15, 0.2) is 42.9 Å². The van der Waals surface area contributed by atoms with Crippen molar-refractivity contribution in [2.45, 2.75) is 31.7 Å². The van der Waals surface area contributed by atoms with Crippen LogP contribution in [0.1, 0.15) is 30.4 Å². The standard InChI is InChI=1S/C24H26N6O/c1-28-16-27-21-7-3-5-18(23(21)28)4-2-6-19-12-20-15-29(10-11-30(20)24(19)31)22-9-8-17(13-25)14-26-22/h3,5,7-9,14,16,19-20H,2,4,6,10-12,15H2,1H3/t19-,20-/m0/s1. The zero-order valence-corrected chi connectivity index (χ0v) is 17.7. The van der Waals surface area contributed by atoms with Gasteiger partial charge in [-0.05, 0) is 49.4 Å². The third kappa shape index (κ3) is 3.63. The van der Waals surface area contributed by atoms with Gasteiger partial charge in [-0.1, -0.05) is 12.1 Å². The van der Waals surface area contributed by atoms with E-state index in [0.717, 1.165) is 56.7 Å². The first-order valence-corrected chi connectivity index (χ1v) is 10.9. The molecule has 2 fully saturated rings. The fourth-order valence-corrected chi connectivity index (χ4v) is 5.14. The fourth-order valence-electron chi connectivity index (χ4n) is 5.14. The first kappa shape index (κ1) is 19.6. The Hall–Kier alpha value is -3.40. The van der Waals surface area contributed by atoms with Crippen molar-refractivity contribution >= 4 is 22.8 Å². The summed E-state index contributed by atoms with van der Waals surface area (Å²) in [6, 6.07) is 12.4. The molecule has 0 saturated carbocycles. The first-order chi connectivity index (χ1) is 15.1. The third-order valence-electron chi connectivity index (χ3n) is 6.69. The van der Waals surface area contributed by atoms with E-state index in [-0.39, 0.29) is 12.0 Å². The average molecular weight is 415 g/mol. The van der Waals surface area contributed by atoms with Gasteiger partial charge in [-0.2, -0.15) is 5.26 Å². The molecular formula is C24H26N6O. The van der Waals surface area contributed by atoms with Crippen molar-refractivity contribution in [2.75, 3.05) is 24.5 Å². The van der Waals surface area contributed by atoms with Gasteiger partial charge >= 0.3 is 0 Å². The normalized spacial score (nSPS) is 20.8. The number of piperazine rings is 1. The summed E-state index contributed by atoms with van der Waals surface area (Å²) < 4.78 is 2.08. The first-order valence-electron chi connectivity index (χ1n) is 10.9. The Morgan fingerprint density at radius 3 is 2.90 bits per heavy atom. The van der Waals surface area contributed by atoms with Gasteiger partial charge in [-0.25, -0.2) is 9.97 Å². The molecule has 2 saturated heterocycles. The SMILES string of the molecule is Cn1cnc2cccc(CCC[C@H]3C[C@H]4CN(c5ccc(C#N)cn5)CCN4C3=O)c21. The van der Waals surface area contributed by atoms with E-state index >= 15 is 0 Å². The molecule has 0 aliphatic carbocycles. The van der Waals surface area contributed by atoms with Crippen LogP contribution in [-0.2, 0) is 18.3 Å². The second-order valence-corrected chi connectivity index (χ2v) is 8.61. The summed E-state index contributed by atoms with van der Waals surface area (Å²) in [6.45, 7) is 2.35. The van der Waals surface area contributed by atoms with Gasteiger partial charge in [0.25, 0.3) is 0 Å². The van der Waals surface area contributed by atoms with Crippen molar-refractivity contribution < 1.29 is 4.79 Å². The summed E-state index contributed by atoms with van der Waals surface area (Å²) in [5.74, 6) is 1.32. The number of nitriles is 1. The van der Waals surface area contributed by atoms with Gasteiger partial charge in [0.05, 0.1) is 29.0 Å². The zero-order valence-electron chi connectivity index (χ0n) is 17.7. The lowest BCUT2D eigenvalue weighted by atomic mass is 9.96. The Morgan fingerprint density at radius 2 is 2.10 bits per heavy atom. The number of rotatable bonds is 5. The number of pyridine rings is 1. The lowest BCUT2D eigenvalue weighted by Gasteiger charge is -2.38. The van der Waals surface area contributed by atoms with E-state index in [0.29, 0.717) is 11.5 Å². The number of carbonyl (C=O) groups is 1. The Balaban J connectivity index is 1.20. The van der Waals surface area contributed by atoms with Gasteiger partial charge in [0.2, 0.25) is 5.91 Å². The minimum atomic E-state index is 0.115. The van der Waals surface area contributed by atoms with E-state index in [9.17, 15) is 4.79 Å². The van der Waals surface area contributed by atoms with Crippen molar-refractivity contribution in [3.63, 3.8) is 0 Å². The van der Waals surface area contributed by atoms with Gasteiger partial charge < -0.3 is 14.4 Å². The maximum atomic E-state index is 13.0. The number of aromatic nitrogens is 3. The number of anilines is 1. The molecule has 0 radical (unpaired) electrons. The number of carbonyl (C=O) groups excluding carboxylic acids is 1. The Bertz CT molecular complexity index is 1150. The van der Waals surface area contributed by atoms with Crippen molar-refractivity contribution in [3.8, 4) is 6.07 Å². The zero-order chi connectivity index (χ0) is 21.4. The van der Waals surface area contributed by atoms with Crippen LogP contribution in [0.5, 0.6) is 0 Å². The summed E-state index contributed by atoms with van der Waals surface area (Å²) in [6.07, 6.45) is 7.29. The van der Waals surface area contributed by atoms with Gasteiger partial charge in [-0.15, -0.1) is 0 Å². The summed E-state index contributed by atoms with van der Waals surface area (Å²) >= 11 is 0. The predicted molar refractivity (Wildman–Crippen MR) is 118 cm³/mol. The lowest BCUT2D eigenvalue weighted by molar-refractivity contribution is -0.132. The topological polar surface area (TPSA) is 78.1 Å². The van der Waals surface area contributed by atoms with E-state index in [2.05, 4.69) is 42.5 Å². The maximum absolute atomic E-state index is 13.0. The summed E-state index contributed by atoms with van der Waals surface area (Å²) in [5, 5.41) is 8.97. The number of nitrogens with zero attached hydrogens (tertiary/aromatic N) is 6. The number of fused-ring (bicyclic) bond motifs is 2. The van der Waals surface area contributed by atoms with Crippen LogP contribution >= 0.6 is 0 Å². The summed E-state index contributed by atoms with van der Waals surface area (Å²) in [5.41, 5.74) is 4.10. The Morgan fingerprint density at radius 1 is 1.19 bits per heavy atom. The number of amides is 1. The van der Waals surface area contributed by atoms with Crippen molar-refractivity contribution in [1.82, 2.24) is 19.4 Å². The summed E-state index contributed by atoms with van der Waals surface area (Å²) in [7, 11) is 2.03. The van der Waals surface area contributed by atoms with Crippen molar-refractivity contribution in [2.24, 2.45) is 13.0 Å². The maximum Gasteiger partial charge on any atom is 0.226 e. The van der Waals surface area contributed by atoms with Crippen molar-refractivity contribution in [1.29, 1.82) is 5.26 Å². The van der Waals surface area contributed by atoms with E-state index in [1.54, 1.807) is 12.3 Å². The number of imidazole rings is 1. The Labute approximate surface area is 181 Å². The minimum Gasteiger partial charge on any atom is -0.353 e. The molecule has 2 atom stereocenters. The highest BCUT2D eigenvalue weighted by atomic mass is 16.2. The molecule has 31 heavy (non-hydrogen) atoms. The van der Waals surface area contributed by atoms with Crippen LogP contribution in [0.4, 0.5) is 5.82 Å². The molecule has 0 N–H and O–H groups in total. The summed E-state index contributed by atoms with van der Waals surface area (Å²) in [4.78, 5) is 26.2. The largest absolute Gasteiger partial charge is 0.353 e. The van der Waals surface area contributed by atoms with Gasteiger partial charge in [-0.3, -0.25) is 4.79 Å². The van der Waals surface area contributed by atoms with Crippen LogP contribution in [0.25, 0.3) is 11.0 Å². The van der Waals surface area contributed by atoms with Crippen LogP contribution in [0.3, 0.4) is 0 Å². The highest BCUT2D eigenvalue weighted by molar-refractivity contribution is 5.82. The molecule has 2 aliphatic rings. The van der Waals surface area contributed by atoms with Crippen molar-refractivity contribution in [3.05, 3.63) is 54.0 Å². The third-order valence-corrected chi connectivity index (χ3v) is 6.69. The second kappa shape index (κ2) is 8.03. The number of aryl methyl sites for hydroxylation is 2. The van der Waals surface area contributed by atoms with Crippen LogP contribution < -0.4 is 4.90 Å².